The highest BCUT2D eigenvalue weighted by atomic mass is 32.2. The third kappa shape index (κ3) is 3.57. The Morgan fingerprint density at radius 3 is 2.76 bits per heavy atom. The van der Waals surface area contributed by atoms with Crippen molar-refractivity contribution in [1.29, 1.82) is 0 Å². The molecule has 0 aliphatic heterocycles. The zero-order valence-corrected chi connectivity index (χ0v) is 11.2. The zero-order valence-electron chi connectivity index (χ0n) is 10.4. The van der Waals surface area contributed by atoms with E-state index in [-0.39, 0.29) is 5.75 Å². The van der Waals surface area contributed by atoms with Crippen molar-refractivity contribution in [1.82, 2.24) is 9.88 Å². The number of sulfone groups is 1. The van der Waals surface area contributed by atoms with Gasteiger partial charge in [-0.25, -0.2) is 8.42 Å². The van der Waals surface area contributed by atoms with Gasteiger partial charge in [0, 0.05) is 31.2 Å². The minimum atomic E-state index is -2.88. The average molecular weight is 256 g/mol. The average Bonchev–Trinajstić information content (AvgIpc) is 2.95. The summed E-state index contributed by atoms with van der Waals surface area (Å²) in [5.74, 6) is 0.958. The second-order valence-corrected chi connectivity index (χ2v) is 7.18. The van der Waals surface area contributed by atoms with Crippen molar-refractivity contribution >= 4 is 9.84 Å². The summed E-state index contributed by atoms with van der Waals surface area (Å²) in [4.78, 5) is 0. The molecule has 1 aliphatic rings. The highest BCUT2D eigenvalue weighted by Gasteiger charge is 2.31. The summed E-state index contributed by atoms with van der Waals surface area (Å²) in [7, 11) is -0.896. The first-order chi connectivity index (χ1) is 7.99. The van der Waals surface area contributed by atoms with Crippen LogP contribution in [-0.4, -0.2) is 32.0 Å². The Morgan fingerprint density at radius 2 is 2.24 bits per heavy atom. The van der Waals surface area contributed by atoms with Crippen molar-refractivity contribution in [3.05, 3.63) is 24.0 Å². The fourth-order valence-electron chi connectivity index (χ4n) is 2.16. The maximum atomic E-state index is 11.1. The molecule has 1 saturated carbocycles. The lowest BCUT2D eigenvalue weighted by molar-refractivity contribution is 0.527. The molecule has 1 aromatic rings. The van der Waals surface area contributed by atoms with Gasteiger partial charge in [-0.1, -0.05) is 0 Å². The smallest absolute Gasteiger partial charge is 0.149 e. The van der Waals surface area contributed by atoms with Gasteiger partial charge in [-0.3, -0.25) is 0 Å². The predicted octanol–water partition coefficient (Wildman–Crippen LogP) is 1.20. The molecule has 1 atom stereocenters. The number of nitrogens with zero attached hydrogens (tertiary/aromatic N) is 1. The monoisotopic (exact) mass is 256 g/mol. The molecule has 1 aliphatic carbocycles. The second-order valence-electron chi connectivity index (χ2n) is 4.92. The van der Waals surface area contributed by atoms with E-state index in [2.05, 4.69) is 17.6 Å². The van der Waals surface area contributed by atoms with Crippen LogP contribution in [0, 0.1) is 5.92 Å². The van der Waals surface area contributed by atoms with Crippen LogP contribution >= 0.6 is 0 Å². The molecule has 2 rings (SSSR count). The number of hydrogen-bond donors (Lipinski definition) is 1. The summed E-state index contributed by atoms with van der Waals surface area (Å²) in [6.45, 7) is 0.542. The van der Waals surface area contributed by atoms with E-state index < -0.39 is 9.84 Å². The molecule has 1 heterocycles. The van der Waals surface area contributed by atoms with Crippen LogP contribution in [0.5, 0.6) is 0 Å². The molecule has 0 spiro atoms. The van der Waals surface area contributed by atoms with E-state index in [9.17, 15) is 8.42 Å². The zero-order chi connectivity index (χ0) is 12.5. The van der Waals surface area contributed by atoms with Crippen molar-refractivity contribution < 1.29 is 8.42 Å². The van der Waals surface area contributed by atoms with Crippen LogP contribution in [0.1, 0.15) is 24.4 Å². The van der Waals surface area contributed by atoms with Gasteiger partial charge in [-0.2, -0.15) is 0 Å². The third-order valence-electron chi connectivity index (χ3n) is 3.26. The van der Waals surface area contributed by atoms with E-state index in [1.165, 1.54) is 24.7 Å². The van der Waals surface area contributed by atoms with Gasteiger partial charge < -0.3 is 9.88 Å². The molecule has 1 aromatic heterocycles. The van der Waals surface area contributed by atoms with E-state index in [0.717, 1.165) is 5.92 Å². The van der Waals surface area contributed by atoms with Gasteiger partial charge >= 0.3 is 0 Å². The lowest BCUT2D eigenvalue weighted by Gasteiger charge is -2.13. The van der Waals surface area contributed by atoms with Gasteiger partial charge in [0.05, 0.1) is 5.75 Å². The molecule has 0 bridgehead atoms. The summed E-state index contributed by atoms with van der Waals surface area (Å²) in [5.41, 5.74) is 1.27. The van der Waals surface area contributed by atoms with Crippen molar-refractivity contribution in [2.45, 2.75) is 25.4 Å². The Kier molecular flexibility index (Phi) is 3.58. The van der Waals surface area contributed by atoms with Crippen molar-refractivity contribution in [2.75, 3.05) is 19.1 Å². The minimum absolute atomic E-state index is 0.203. The molecule has 0 amide bonds. The molecule has 1 unspecified atom stereocenters. The van der Waals surface area contributed by atoms with E-state index >= 15 is 0 Å². The Balaban J connectivity index is 1.99. The second kappa shape index (κ2) is 4.82. The topological polar surface area (TPSA) is 51.1 Å². The first-order valence-electron chi connectivity index (χ1n) is 6.00. The van der Waals surface area contributed by atoms with Crippen LogP contribution < -0.4 is 5.32 Å². The highest BCUT2D eigenvalue weighted by molar-refractivity contribution is 7.90. The predicted molar refractivity (Wildman–Crippen MR) is 68.7 cm³/mol. The molecular formula is C12H20N2O2S. The molecule has 0 aromatic carbocycles. The molecule has 1 N–H and O–H groups in total. The van der Waals surface area contributed by atoms with Crippen molar-refractivity contribution in [3.8, 4) is 0 Å². The molecule has 0 radical (unpaired) electrons. The number of aromatic nitrogens is 1. The molecule has 4 nitrogen and oxygen atoms in total. The molecule has 5 heteroatoms. The highest BCUT2D eigenvalue weighted by Crippen LogP contribution is 2.40. The van der Waals surface area contributed by atoms with Gasteiger partial charge in [0.1, 0.15) is 9.84 Å². The minimum Gasteiger partial charge on any atom is -0.353 e. The Bertz CT molecular complexity index is 474. The maximum Gasteiger partial charge on any atom is 0.149 e. The number of rotatable bonds is 6. The summed E-state index contributed by atoms with van der Waals surface area (Å²) >= 11 is 0. The fraction of sp³-hybridized carbons (Fsp3) is 0.667. The van der Waals surface area contributed by atoms with E-state index in [0.29, 0.717) is 12.6 Å². The van der Waals surface area contributed by atoms with Crippen molar-refractivity contribution in [3.63, 3.8) is 0 Å². The van der Waals surface area contributed by atoms with E-state index in [4.69, 9.17) is 0 Å². The van der Waals surface area contributed by atoms with Gasteiger partial charge in [-0.05, 0) is 37.4 Å². The van der Waals surface area contributed by atoms with Crippen LogP contribution in [0.25, 0.3) is 0 Å². The molecule has 0 saturated heterocycles. The first-order valence-corrected chi connectivity index (χ1v) is 8.06. The van der Waals surface area contributed by atoms with Crippen LogP contribution in [0.4, 0.5) is 0 Å². The summed E-state index contributed by atoms with van der Waals surface area (Å²) in [5, 5.41) is 3.33. The van der Waals surface area contributed by atoms with Gasteiger partial charge in [0.25, 0.3) is 0 Å². The Labute approximate surface area is 103 Å². The SMILES string of the molecule is CNC(c1ccn(CCS(C)(=O)=O)c1)C1CC1. The van der Waals surface area contributed by atoms with Crippen molar-refractivity contribution in [2.24, 2.45) is 5.92 Å². The van der Waals surface area contributed by atoms with Gasteiger partial charge in [0.2, 0.25) is 0 Å². The first kappa shape index (κ1) is 12.6. The summed E-state index contributed by atoms with van der Waals surface area (Å²) in [6, 6.07) is 2.51. The van der Waals surface area contributed by atoms with E-state index in [1.807, 2.05) is 17.8 Å². The molecule has 96 valence electrons. The fourth-order valence-corrected chi connectivity index (χ4v) is 2.70. The molecular weight excluding hydrogens is 236 g/mol. The Morgan fingerprint density at radius 1 is 1.53 bits per heavy atom. The van der Waals surface area contributed by atoms with Crippen LogP contribution in [-0.2, 0) is 16.4 Å². The Hall–Kier alpha value is -0.810. The molecule has 17 heavy (non-hydrogen) atoms. The quantitative estimate of drug-likeness (QED) is 0.832. The lowest BCUT2D eigenvalue weighted by atomic mass is 10.1. The number of nitrogens with one attached hydrogen (secondary N) is 1. The molecule has 1 fully saturated rings. The maximum absolute atomic E-state index is 11.1. The summed E-state index contributed by atoms with van der Waals surface area (Å²) in [6.07, 6.45) is 7.88. The van der Waals surface area contributed by atoms with Crippen LogP contribution in [0.15, 0.2) is 18.5 Å². The summed E-state index contributed by atoms with van der Waals surface area (Å²) < 4.78 is 24.1. The normalized spacial score (nSPS) is 18.2. The lowest BCUT2D eigenvalue weighted by Crippen LogP contribution is -2.17. The van der Waals surface area contributed by atoms with Crippen LogP contribution in [0.2, 0.25) is 0 Å². The number of aryl methyl sites for hydroxylation is 1. The van der Waals surface area contributed by atoms with Crippen LogP contribution in [0.3, 0.4) is 0 Å². The van der Waals surface area contributed by atoms with Gasteiger partial charge in [0.15, 0.2) is 0 Å². The third-order valence-corrected chi connectivity index (χ3v) is 4.18. The largest absolute Gasteiger partial charge is 0.353 e. The number of hydrogen-bond acceptors (Lipinski definition) is 3. The van der Waals surface area contributed by atoms with Gasteiger partial charge in [-0.15, -0.1) is 0 Å². The van der Waals surface area contributed by atoms with E-state index in [1.54, 1.807) is 0 Å². The standard InChI is InChI=1S/C12H20N2O2S/c1-13-12(10-3-4-10)11-5-6-14(9-11)7-8-17(2,15)16/h5-6,9-10,12-13H,3-4,7-8H2,1-2H3.